The minimum atomic E-state index is 0.607. The number of methoxy groups -OCH3 is 2. The number of nitrogens with two attached hydrogens (primary N) is 1. The summed E-state index contributed by atoms with van der Waals surface area (Å²) in [5.74, 6) is 2.08. The number of ether oxygens (including phenoxy) is 2. The highest BCUT2D eigenvalue weighted by atomic mass is 16.5. The number of hydrogen-bond acceptors (Lipinski definition) is 6. The highest BCUT2D eigenvalue weighted by molar-refractivity contribution is 5.72. The van der Waals surface area contributed by atoms with Crippen molar-refractivity contribution >= 4 is 11.4 Å². The number of H-pyrrole nitrogens is 1. The van der Waals surface area contributed by atoms with Crippen molar-refractivity contribution in [2.45, 2.75) is 6.42 Å². The van der Waals surface area contributed by atoms with Gasteiger partial charge in [0.05, 0.1) is 25.6 Å². The van der Waals surface area contributed by atoms with Crippen molar-refractivity contribution in [3.8, 4) is 11.5 Å². The number of nitrogens with zero attached hydrogens (tertiary/aromatic N) is 2. The Labute approximate surface area is 111 Å². The number of benzene rings is 1. The summed E-state index contributed by atoms with van der Waals surface area (Å²) in [6.07, 6.45) is 2.22. The van der Waals surface area contributed by atoms with Crippen LogP contribution in [0.15, 0.2) is 18.5 Å². The standard InChI is InChI=1S/C12H17N5O2/c1-18-10-5-8(13)9(6-11(10)19-2)14-4-3-12-15-7-16-17-12/h5-7,14H,3-4,13H2,1-2H3,(H,15,16,17). The largest absolute Gasteiger partial charge is 0.493 e. The molecule has 0 bridgehead atoms. The van der Waals surface area contributed by atoms with Crippen LogP contribution in [0.4, 0.5) is 11.4 Å². The predicted molar refractivity (Wildman–Crippen MR) is 72.5 cm³/mol. The lowest BCUT2D eigenvalue weighted by molar-refractivity contribution is 0.355. The first-order chi connectivity index (χ1) is 9.24. The first kappa shape index (κ1) is 13.0. The van der Waals surface area contributed by atoms with Gasteiger partial charge in [-0.15, -0.1) is 0 Å². The van der Waals surface area contributed by atoms with E-state index < -0.39 is 0 Å². The molecule has 0 aliphatic rings. The average molecular weight is 263 g/mol. The van der Waals surface area contributed by atoms with Gasteiger partial charge in [0.2, 0.25) is 0 Å². The quantitative estimate of drug-likeness (QED) is 0.674. The molecule has 1 aromatic carbocycles. The predicted octanol–water partition coefficient (Wildman–Crippen LogP) is 1.06. The number of nitrogens with one attached hydrogen (secondary N) is 2. The lowest BCUT2D eigenvalue weighted by Crippen LogP contribution is -2.08. The topological polar surface area (TPSA) is 98.1 Å². The number of anilines is 2. The summed E-state index contributed by atoms with van der Waals surface area (Å²) < 4.78 is 10.4. The third kappa shape index (κ3) is 3.06. The molecule has 2 aromatic rings. The molecule has 19 heavy (non-hydrogen) atoms. The van der Waals surface area contributed by atoms with E-state index in [0.29, 0.717) is 23.7 Å². The van der Waals surface area contributed by atoms with Gasteiger partial charge in [-0.05, 0) is 0 Å². The van der Waals surface area contributed by atoms with Crippen LogP contribution in [0.1, 0.15) is 5.82 Å². The third-order valence-corrected chi connectivity index (χ3v) is 2.70. The Morgan fingerprint density at radius 2 is 2.00 bits per heavy atom. The number of hydrogen-bond donors (Lipinski definition) is 3. The number of rotatable bonds is 6. The molecular formula is C12H17N5O2. The van der Waals surface area contributed by atoms with E-state index in [2.05, 4.69) is 20.5 Å². The third-order valence-electron chi connectivity index (χ3n) is 2.70. The average Bonchev–Trinajstić information content (AvgIpc) is 2.93. The summed E-state index contributed by atoms with van der Waals surface area (Å²) in [5.41, 5.74) is 7.36. The molecule has 1 aromatic heterocycles. The normalized spacial score (nSPS) is 10.2. The molecule has 0 aliphatic carbocycles. The Balaban J connectivity index is 2.03. The molecule has 7 nitrogen and oxygen atoms in total. The highest BCUT2D eigenvalue weighted by Crippen LogP contribution is 2.34. The fourth-order valence-electron chi connectivity index (χ4n) is 1.71. The first-order valence-electron chi connectivity index (χ1n) is 5.84. The Bertz CT molecular complexity index is 527. The Morgan fingerprint density at radius 1 is 1.26 bits per heavy atom. The van der Waals surface area contributed by atoms with Crippen LogP contribution in [0.25, 0.3) is 0 Å². The van der Waals surface area contributed by atoms with Gasteiger partial charge in [0, 0.05) is 25.1 Å². The Kier molecular flexibility index (Phi) is 4.07. The fourth-order valence-corrected chi connectivity index (χ4v) is 1.71. The molecule has 0 atom stereocenters. The summed E-state index contributed by atoms with van der Waals surface area (Å²) in [7, 11) is 3.17. The van der Waals surface area contributed by atoms with Gasteiger partial charge in [0.25, 0.3) is 0 Å². The summed E-state index contributed by atoms with van der Waals surface area (Å²) in [4.78, 5) is 4.05. The highest BCUT2D eigenvalue weighted by Gasteiger charge is 2.08. The van der Waals surface area contributed by atoms with Gasteiger partial charge in [0.1, 0.15) is 12.2 Å². The maximum atomic E-state index is 5.95. The molecular weight excluding hydrogens is 246 g/mol. The monoisotopic (exact) mass is 263 g/mol. The number of aromatic amines is 1. The molecule has 0 fully saturated rings. The molecule has 0 amide bonds. The van der Waals surface area contributed by atoms with E-state index in [1.54, 1.807) is 20.3 Å². The van der Waals surface area contributed by atoms with Gasteiger partial charge >= 0.3 is 0 Å². The molecule has 1 heterocycles. The van der Waals surface area contributed by atoms with E-state index in [1.807, 2.05) is 6.07 Å². The van der Waals surface area contributed by atoms with Crippen molar-refractivity contribution in [3.63, 3.8) is 0 Å². The van der Waals surface area contributed by atoms with Crippen LogP contribution < -0.4 is 20.5 Å². The van der Waals surface area contributed by atoms with E-state index in [-0.39, 0.29) is 0 Å². The van der Waals surface area contributed by atoms with E-state index in [4.69, 9.17) is 15.2 Å². The summed E-state index contributed by atoms with van der Waals surface area (Å²) in [6.45, 7) is 0.689. The van der Waals surface area contributed by atoms with Crippen LogP contribution in [0, 0.1) is 0 Å². The van der Waals surface area contributed by atoms with Crippen LogP contribution in [0.5, 0.6) is 11.5 Å². The van der Waals surface area contributed by atoms with Gasteiger partial charge < -0.3 is 20.5 Å². The SMILES string of the molecule is COc1cc(N)c(NCCc2ncn[nH]2)cc1OC. The van der Waals surface area contributed by atoms with Gasteiger partial charge in [-0.1, -0.05) is 0 Å². The number of aromatic nitrogens is 3. The van der Waals surface area contributed by atoms with Crippen molar-refractivity contribution in [2.75, 3.05) is 31.8 Å². The van der Waals surface area contributed by atoms with Crippen molar-refractivity contribution in [1.29, 1.82) is 0 Å². The smallest absolute Gasteiger partial charge is 0.162 e. The van der Waals surface area contributed by atoms with E-state index in [0.717, 1.165) is 17.9 Å². The maximum absolute atomic E-state index is 5.95. The van der Waals surface area contributed by atoms with Crippen LogP contribution in [0.2, 0.25) is 0 Å². The molecule has 2 rings (SSSR count). The van der Waals surface area contributed by atoms with Gasteiger partial charge in [-0.25, -0.2) is 4.98 Å². The Hall–Kier alpha value is -2.44. The zero-order valence-electron chi connectivity index (χ0n) is 10.9. The zero-order chi connectivity index (χ0) is 13.7. The molecule has 0 saturated heterocycles. The van der Waals surface area contributed by atoms with E-state index in [1.165, 1.54) is 6.33 Å². The lowest BCUT2D eigenvalue weighted by Gasteiger charge is -2.13. The van der Waals surface area contributed by atoms with Crippen LogP contribution in [-0.2, 0) is 6.42 Å². The van der Waals surface area contributed by atoms with E-state index >= 15 is 0 Å². The second-order valence-corrected chi connectivity index (χ2v) is 3.90. The summed E-state index contributed by atoms with van der Waals surface area (Å²) in [5, 5.41) is 9.82. The van der Waals surface area contributed by atoms with E-state index in [9.17, 15) is 0 Å². The molecule has 0 unspecified atom stereocenters. The molecule has 7 heteroatoms. The second kappa shape index (κ2) is 5.94. The van der Waals surface area contributed by atoms with Crippen molar-refractivity contribution in [2.24, 2.45) is 0 Å². The molecule has 102 valence electrons. The van der Waals surface area contributed by atoms with Gasteiger partial charge in [-0.2, -0.15) is 5.10 Å². The summed E-state index contributed by atoms with van der Waals surface area (Å²) in [6, 6.07) is 3.55. The second-order valence-electron chi connectivity index (χ2n) is 3.90. The van der Waals surface area contributed by atoms with Gasteiger partial charge in [0.15, 0.2) is 11.5 Å². The Morgan fingerprint density at radius 3 is 2.63 bits per heavy atom. The number of nitrogen functional groups attached to an aromatic ring is 1. The minimum absolute atomic E-state index is 0.607. The first-order valence-corrected chi connectivity index (χ1v) is 5.84. The van der Waals surface area contributed by atoms with Crippen LogP contribution in [-0.4, -0.2) is 35.9 Å². The molecule has 0 aliphatic heterocycles. The van der Waals surface area contributed by atoms with Gasteiger partial charge in [-0.3, -0.25) is 5.10 Å². The van der Waals surface area contributed by atoms with Crippen molar-refractivity contribution in [3.05, 3.63) is 24.3 Å². The fraction of sp³-hybridized carbons (Fsp3) is 0.333. The summed E-state index contributed by atoms with van der Waals surface area (Å²) >= 11 is 0. The van der Waals surface area contributed by atoms with Crippen LogP contribution >= 0.6 is 0 Å². The van der Waals surface area contributed by atoms with Crippen LogP contribution in [0.3, 0.4) is 0 Å². The molecule has 0 radical (unpaired) electrons. The van der Waals surface area contributed by atoms with Crippen molar-refractivity contribution in [1.82, 2.24) is 15.2 Å². The molecule has 0 spiro atoms. The molecule has 4 N–H and O–H groups in total. The molecule has 0 saturated carbocycles. The maximum Gasteiger partial charge on any atom is 0.162 e. The van der Waals surface area contributed by atoms with Crippen molar-refractivity contribution < 1.29 is 9.47 Å². The minimum Gasteiger partial charge on any atom is -0.493 e. The lowest BCUT2D eigenvalue weighted by atomic mass is 10.2. The zero-order valence-corrected chi connectivity index (χ0v) is 10.9.